The van der Waals surface area contributed by atoms with E-state index < -0.39 is 5.97 Å². The van der Waals surface area contributed by atoms with Crippen LogP contribution < -0.4 is 11.1 Å². The molecule has 1 aromatic rings. The molecular weight excluding hydrogens is 256 g/mol. The highest BCUT2D eigenvalue weighted by molar-refractivity contribution is 5.93. The molecule has 0 spiro atoms. The van der Waals surface area contributed by atoms with Crippen molar-refractivity contribution in [1.82, 2.24) is 0 Å². The summed E-state index contributed by atoms with van der Waals surface area (Å²) >= 11 is 0. The van der Waals surface area contributed by atoms with Gasteiger partial charge >= 0.3 is 5.97 Å². The third-order valence-corrected chi connectivity index (χ3v) is 3.70. The lowest BCUT2D eigenvalue weighted by Gasteiger charge is -2.22. The highest BCUT2D eigenvalue weighted by Crippen LogP contribution is 2.30. The second kappa shape index (κ2) is 6.05. The first-order valence-corrected chi connectivity index (χ1v) is 6.79. The van der Waals surface area contributed by atoms with Crippen LogP contribution in [0.3, 0.4) is 0 Å². The number of nitrogens with two attached hydrogens (primary N) is 1. The van der Waals surface area contributed by atoms with Crippen LogP contribution in [0.4, 0.5) is 5.69 Å². The Hall–Kier alpha value is -1.88. The summed E-state index contributed by atoms with van der Waals surface area (Å²) < 4.78 is 4.62. The van der Waals surface area contributed by atoms with E-state index in [1.54, 1.807) is 24.3 Å². The van der Waals surface area contributed by atoms with Crippen LogP contribution in [0, 0.1) is 0 Å². The standard InChI is InChI=1S/C15H20N2O3/c1-20-14(19)11-4-6-12(7-5-11)17-13(18)10-15(16)8-2-3-9-15/h4-7H,2-3,8-10,16H2,1H3,(H,17,18). The first-order valence-electron chi connectivity index (χ1n) is 6.79. The van der Waals surface area contributed by atoms with Crippen LogP contribution in [0.2, 0.25) is 0 Å². The van der Waals surface area contributed by atoms with E-state index in [0.29, 0.717) is 17.7 Å². The maximum Gasteiger partial charge on any atom is 0.337 e. The molecule has 0 radical (unpaired) electrons. The molecule has 20 heavy (non-hydrogen) atoms. The van der Waals surface area contributed by atoms with Gasteiger partial charge in [0.25, 0.3) is 0 Å². The molecule has 2 rings (SSSR count). The Morgan fingerprint density at radius 1 is 1.25 bits per heavy atom. The van der Waals surface area contributed by atoms with Crippen molar-refractivity contribution in [3.63, 3.8) is 0 Å². The van der Waals surface area contributed by atoms with E-state index in [4.69, 9.17) is 5.73 Å². The quantitative estimate of drug-likeness (QED) is 0.825. The Morgan fingerprint density at radius 3 is 2.40 bits per heavy atom. The number of carbonyl (C=O) groups is 2. The zero-order chi connectivity index (χ0) is 14.6. The Kier molecular flexibility index (Phi) is 4.39. The van der Waals surface area contributed by atoms with Gasteiger partial charge in [-0.05, 0) is 37.1 Å². The molecule has 1 saturated carbocycles. The summed E-state index contributed by atoms with van der Waals surface area (Å²) in [5.41, 5.74) is 6.93. The van der Waals surface area contributed by atoms with E-state index in [2.05, 4.69) is 10.1 Å². The molecule has 0 bridgehead atoms. The molecule has 0 aliphatic heterocycles. The van der Waals surface area contributed by atoms with Crippen LogP contribution >= 0.6 is 0 Å². The highest BCUT2D eigenvalue weighted by atomic mass is 16.5. The van der Waals surface area contributed by atoms with Crippen molar-refractivity contribution in [2.75, 3.05) is 12.4 Å². The van der Waals surface area contributed by atoms with Crippen molar-refractivity contribution in [3.8, 4) is 0 Å². The molecule has 1 aromatic carbocycles. The molecule has 108 valence electrons. The molecule has 1 fully saturated rings. The number of amides is 1. The normalized spacial score (nSPS) is 16.7. The third-order valence-electron chi connectivity index (χ3n) is 3.70. The fraction of sp³-hybridized carbons (Fsp3) is 0.467. The number of methoxy groups -OCH3 is 1. The van der Waals surface area contributed by atoms with Gasteiger partial charge < -0.3 is 15.8 Å². The van der Waals surface area contributed by atoms with Crippen molar-refractivity contribution in [1.29, 1.82) is 0 Å². The van der Waals surface area contributed by atoms with E-state index in [0.717, 1.165) is 25.7 Å². The fourth-order valence-electron chi connectivity index (χ4n) is 2.59. The summed E-state index contributed by atoms with van der Waals surface area (Å²) in [4.78, 5) is 23.3. The molecule has 1 amide bonds. The maximum atomic E-state index is 12.0. The summed E-state index contributed by atoms with van der Waals surface area (Å²) in [6.07, 6.45) is 4.34. The van der Waals surface area contributed by atoms with Gasteiger partial charge in [0.15, 0.2) is 0 Å². The monoisotopic (exact) mass is 276 g/mol. The lowest BCUT2D eigenvalue weighted by atomic mass is 9.94. The first kappa shape index (κ1) is 14.5. The summed E-state index contributed by atoms with van der Waals surface area (Å²) in [5.74, 6) is -0.477. The fourth-order valence-corrected chi connectivity index (χ4v) is 2.59. The SMILES string of the molecule is COC(=O)c1ccc(NC(=O)CC2(N)CCCC2)cc1. The average molecular weight is 276 g/mol. The van der Waals surface area contributed by atoms with Crippen LogP contribution in [0.1, 0.15) is 42.5 Å². The van der Waals surface area contributed by atoms with E-state index in [9.17, 15) is 9.59 Å². The number of esters is 1. The number of hydrogen-bond acceptors (Lipinski definition) is 4. The van der Waals surface area contributed by atoms with E-state index in [1.807, 2.05) is 0 Å². The maximum absolute atomic E-state index is 12.0. The molecule has 0 atom stereocenters. The number of rotatable bonds is 4. The Morgan fingerprint density at radius 2 is 1.85 bits per heavy atom. The van der Waals surface area contributed by atoms with Crippen LogP contribution in [0.15, 0.2) is 24.3 Å². The lowest BCUT2D eigenvalue weighted by molar-refractivity contribution is -0.117. The molecule has 1 aliphatic carbocycles. The van der Waals surface area contributed by atoms with Gasteiger partial charge in [-0.1, -0.05) is 12.8 Å². The molecule has 3 N–H and O–H groups in total. The minimum Gasteiger partial charge on any atom is -0.465 e. The van der Waals surface area contributed by atoms with Gasteiger partial charge in [-0.15, -0.1) is 0 Å². The second-order valence-corrected chi connectivity index (χ2v) is 5.36. The smallest absolute Gasteiger partial charge is 0.337 e. The Balaban J connectivity index is 1.92. The van der Waals surface area contributed by atoms with Crippen LogP contribution in [0.25, 0.3) is 0 Å². The predicted molar refractivity (Wildman–Crippen MR) is 76.4 cm³/mol. The number of carbonyl (C=O) groups excluding carboxylic acids is 2. The summed E-state index contributed by atoms with van der Waals surface area (Å²) in [7, 11) is 1.33. The van der Waals surface area contributed by atoms with Gasteiger partial charge in [-0.3, -0.25) is 4.79 Å². The van der Waals surface area contributed by atoms with Crippen LogP contribution in [0.5, 0.6) is 0 Å². The minimum atomic E-state index is -0.394. The highest BCUT2D eigenvalue weighted by Gasteiger charge is 2.31. The number of nitrogens with one attached hydrogen (secondary N) is 1. The van der Waals surface area contributed by atoms with Crippen LogP contribution in [-0.4, -0.2) is 24.5 Å². The average Bonchev–Trinajstić information content (AvgIpc) is 2.84. The van der Waals surface area contributed by atoms with E-state index in [1.165, 1.54) is 7.11 Å². The lowest BCUT2D eigenvalue weighted by Crippen LogP contribution is -2.40. The van der Waals surface area contributed by atoms with Crippen molar-refractivity contribution < 1.29 is 14.3 Å². The summed E-state index contributed by atoms with van der Waals surface area (Å²) in [5, 5.41) is 2.81. The molecule has 0 saturated heterocycles. The van der Waals surface area contributed by atoms with Crippen molar-refractivity contribution in [2.24, 2.45) is 5.73 Å². The van der Waals surface area contributed by atoms with Gasteiger partial charge in [-0.2, -0.15) is 0 Å². The zero-order valence-electron chi connectivity index (χ0n) is 11.6. The van der Waals surface area contributed by atoms with Gasteiger partial charge in [0.2, 0.25) is 5.91 Å². The minimum absolute atomic E-state index is 0.0831. The zero-order valence-corrected chi connectivity index (χ0v) is 11.6. The predicted octanol–water partition coefficient (Wildman–Crippen LogP) is 2.07. The van der Waals surface area contributed by atoms with Crippen LogP contribution in [-0.2, 0) is 9.53 Å². The first-order chi connectivity index (χ1) is 9.52. The molecule has 0 heterocycles. The summed E-state index contributed by atoms with van der Waals surface area (Å²) in [6, 6.07) is 6.61. The van der Waals surface area contributed by atoms with Gasteiger partial charge in [0, 0.05) is 17.6 Å². The van der Waals surface area contributed by atoms with E-state index >= 15 is 0 Å². The Bertz CT molecular complexity index is 490. The largest absolute Gasteiger partial charge is 0.465 e. The number of benzene rings is 1. The second-order valence-electron chi connectivity index (χ2n) is 5.36. The van der Waals surface area contributed by atoms with Crippen molar-refractivity contribution >= 4 is 17.6 Å². The summed E-state index contributed by atoms with van der Waals surface area (Å²) in [6.45, 7) is 0. The third kappa shape index (κ3) is 3.57. The van der Waals surface area contributed by atoms with Gasteiger partial charge in [-0.25, -0.2) is 4.79 Å². The Labute approximate surface area is 118 Å². The van der Waals surface area contributed by atoms with Gasteiger partial charge in [0.05, 0.1) is 12.7 Å². The number of anilines is 1. The van der Waals surface area contributed by atoms with E-state index in [-0.39, 0.29) is 11.4 Å². The molecule has 5 heteroatoms. The van der Waals surface area contributed by atoms with Crippen molar-refractivity contribution in [2.45, 2.75) is 37.6 Å². The molecule has 5 nitrogen and oxygen atoms in total. The molecule has 1 aliphatic rings. The molecule has 0 aromatic heterocycles. The number of ether oxygens (including phenoxy) is 1. The van der Waals surface area contributed by atoms with Crippen molar-refractivity contribution in [3.05, 3.63) is 29.8 Å². The molecular formula is C15H20N2O3. The molecule has 0 unspecified atom stereocenters. The van der Waals surface area contributed by atoms with Gasteiger partial charge in [0.1, 0.15) is 0 Å². The topological polar surface area (TPSA) is 81.4 Å². The number of hydrogen-bond donors (Lipinski definition) is 2.